The monoisotopic (exact) mass is 385 g/mol. The molecule has 0 radical (unpaired) electrons. The third-order valence-corrected chi connectivity index (χ3v) is 3.58. The van der Waals surface area contributed by atoms with Gasteiger partial charge in [0.05, 0.1) is 13.2 Å². The molecule has 2 aromatic rings. The van der Waals surface area contributed by atoms with Gasteiger partial charge in [0.1, 0.15) is 5.69 Å². The van der Waals surface area contributed by atoms with Gasteiger partial charge in [-0.25, -0.2) is 4.98 Å². The second-order valence-corrected chi connectivity index (χ2v) is 5.71. The molecule has 1 N–H and O–H groups in total. The van der Waals surface area contributed by atoms with Crippen molar-refractivity contribution in [3.63, 3.8) is 0 Å². The van der Waals surface area contributed by atoms with Gasteiger partial charge in [-0.15, -0.1) is 0 Å². The average Bonchev–Trinajstić information content (AvgIpc) is 2.39. The van der Waals surface area contributed by atoms with E-state index in [2.05, 4.69) is 47.1 Å². The van der Waals surface area contributed by atoms with Crippen LogP contribution in [-0.2, 0) is 0 Å². The normalized spacial score (nSPS) is 12.2. The molecule has 0 aliphatic heterocycles. The number of hydrogen-bond donors (Lipinski definition) is 1. The van der Waals surface area contributed by atoms with Crippen LogP contribution in [0.5, 0.6) is 5.88 Å². The third kappa shape index (κ3) is 3.32. The molecule has 1 atom stereocenters. The van der Waals surface area contributed by atoms with Crippen LogP contribution in [0.2, 0.25) is 0 Å². The molecule has 100 valence electrons. The summed E-state index contributed by atoms with van der Waals surface area (Å²) >= 11 is 6.99. The van der Waals surface area contributed by atoms with Crippen molar-refractivity contribution in [1.29, 1.82) is 0 Å². The highest BCUT2D eigenvalue weighted by Crippen LogP contribution is 2.30. The first-order valence-corrected chi connectivity index (χ1v) is 7.22. The second kappa shape index (κ2) is 6.45. The number of ether oxygens (including phenoxy) is 1. The molecular weight excluding hydrogens is 374 g/mol. The highest BCUT2D eigenvalue weighted by molar-refractivity contribution is 9.11. The predicted octanol–water partition coefficient (Wildman–Crippen LogP) is 3.32. The van der Waals surface area contributed by atoms with Crippen LogP contribution in [-0.4, -0.2) is 24.1 Å². The lowest BCUT2D eigenvalue weighted by Gasteiger charge is -2.18. The van der Waals surface area contributed by atoms with Gasteiger partial charge >= 0.3 is 0 Å². The number of nitrogens with one attached hydrogen (secondary N) is 1. The number of aromatic nitrogens is 2. The molecule has 2 rings (SSSR count). The van der Waals surface area contributed by atoms with Crippen molar-refractivity contribution in [3.8, 4) is 5.88 Å². The number of hydrogen-bond acceptors (Lipinski definition) is 4. The van der Waals surface area contributed by atoms with Gasteiger partial charge in [0.2, 0.25) is 5.88 Å². The molecule has 4 nitrogen and oxygen atoms in total. The Morgan fingerprint density at radius 2 is 1.74 bits per heavy atom. The van der Waals surface area contributed by atoms with E-state index in [-0.39, 0.29) is 6.04 Å². The molecule has 1 aromatic heterocycles. The van der Waals surface area contributed by atoms with Gasteiger partial charge in [-0.3, -0.25) is 4.98 Å². The van der Waals surface area contributed by atoms with Gasteiger partial charge < -0.3 is 10.1 Å². The molecule has 1 heterocycles. The SMILES string of the molecule is CNC(c1cc(Br)cc(Br)c1)c1nccnc1OC. The van der Waals surface area contributed by atoms with Crippen molar-refractivity contribution < 1.29 is 4.74 Å². The molecule has 0 fully saturated rings. The highest BCUT2D eigenvalue weighted by Gasteiger charge is 2.19. The van der Waals surface area contributed by atoms with Crippen LogP contribution in [0.15, 0.2) is 39.5 Å². The summed E-state index contributed by atoms with van der Waals surface area (Å²) in [6.07, 6.45) is 3.28. The maximum atomic E-state index is 5.27. The summed E-state index contributed by atoms with van der Waals surface area (Å²) in [6, 6.07) is 5.99. The molecule has 0 aliphatic carbocycles. The lowest BCUT2D eigenvalue weighted by Crippen LogP contribution is -2.20. The van der Waals surface area contributed by atoms with Crippen LogP contribution in [0.3, 0.4) is 0 Å². The van der Waals surface area contributed by atoms with Gasteiger partial charge in [-0.1, -0.05) is 31.9 Å². The summed E-state index contributed by atoms with van der Waals surface area (Å²) in [4.78, 5) is 8.56. The van der Waals surface area contributed by atoms with Gasteiger partial charge in [-0.05, 0) is 30.8 Å². The van der Waals surface area contributed by atoms with Crippen LogP contribution in [0, 0.1) is 0 Å². The molecule has 0 bridgehead atoms. The number of methoxy groups -OCH3 is 1. The number of benzene rings is 1. The molecule has 0 saturated carbocycles. The Labute approximate surface area is 128 Å². The summed E-state index contributed by atoms with van der Waals surface area (Å²) in [5.74, 6) is 0.526. The maximum Gasteiger partial charge on any atom is 0.237 e. The van der Waals surface area contributed by atoms with E-state index in [9.17, 15) is 0 Å². The number of halogens is 2. The minimum Gasteiger partial charge on any atom is -0.480 e. The summed E-state index contributed by atoms with van der Waals surface area (Å²) in [5.41, 5.74) is 1.83. The van der Waals surface area contributed by atoms with Crippen LogP contribution in [0.4, 0.5) is 0 Å². The molecular formula is C13H13Br2N3O. The standard InChI is InChI=1S/C13H13Br2N3O/c1-16-11(8-5-9(14)7-10(15)6-8)12-13(19-2)18-4-3-17-12/h3-7,11,16H,1-2H3. The Bertz CT molecular complexity index is 557. The maximum absolute atomic E-state index is 5.27. The van der Waals surface area contributed by atoms with Crippen molar-refractivity contribution in [2.75, 3.05) is 14.2 Å². The predicted molar refractivity (Wildman–Crippen MR) is 81.3 cm³/mol. The van der Waals surface area contributed by atoms with E-state index in [0.717, 1.165) is 20.2 Å². The Kier molecular flexibility index (Phi) is 4.90. The van der Waals surface area contributed by atoms with Crippen molar-refractivity contribution in [1.82, 2.24) is 15.3 Å². The second-order valence-electron chi connectivity index (χ2n) is 3.88. The molecule has 19 heavy (non-hydrogen) atoms. The Balaban J connectivity index is 2.49. The summed E-state index contributed by atoms with van der Waals surface area (Å²) in [5, 5.41) is 3.24. The van der Waals surface area contributed by atoms with Crippen molar-refractivity contribution >= 4 is 31.9 Å². The summed E-state index contributed by atoms with van der Waals surface area (Å²) in [7, 11) is 3.48. The summed E-state index contributed by atoms with van der Waals surface area (Å²) in [6.45, 7) is 0. The smallest absolute Gasteiger partial charge is 0.237 e. The topological polar surface area (TPSA) is 47.0 Å². The molecule has 0 saturated heterocycles. The van der Waals surface area contributed by atoms with Gasteiger partial charge in [0, 0.05) is 21.3 Å². The number of nitrogens with zero attached hydrogens (tertiary/aromatic N) is 2. The minimum atomic E-state index is -0.0857. The van der Waals surface area contributed by atoms with Gasteiger partial charge in [0.25, 0.3) is 0 Å². The fraction of sp³-hybridized carbons (Fsp3) is 0.231. The zero-order valence-corrected chi connectivity index (χ0v) is 13.7. The fourth-order valence-electron chi connectivity index (χ4n) is 1.89. The van der Waals surface area contributed by atoms with E-state index in [1.807, 2.05) is 25.2 Å². The average molecular weight is 387 g/mol. The van der Waals surface area contributed by atoms with Crippen LogP contribution >= 0.6 is 31.9 Å². The Hall–Kier alpha value is -0.980. The molecule has 0 spiro atoms. The van der Waals surface area contributed by atoms with Crippen LogP contribution in [0.25, 0.3) is 0 Å². The number of rotatable bonds is 4. The van der Waals surface area contributed by atoms with Crippen molar-refractivity contribution in [3.05, 3.63) is 50.8 Å². The third-order valence-electron chi connectivity index (χ3n) is 2.66. The molecule has 0 amide bonds. The Morgan fingerprint density at radius 3 is 2.32 bits per heavy atom. The quantitative estimate of drug-likeness (QED) is 0.875. The lowest BCUT2D eigenvalue weighted by molar-refractivity contribution is 0.384. The van der Waals surface area contributed by atoms with Gasteiger partial charge in [0.15, 0.2) is 0 Å². The van der Waals surface area contributed by atoms with E-state index in [1.165, 1.54) is 0 Å². The van der Waals surface area contributed by atoms with Gasteiger partial charge in [-0.2, -0.15) is 0 Å². The first-order valence-electron chi connectivity index (χ1n) is 5.64. The van der Waals surface area contributed by atoms with Crippen LogP contribution < -0.4 is 10.1 Å². The van der Waals surface area contributed by atoms with Crippen LogP contribution in [0.1, 0.15) is 17.3 Å². The van der Waals surface area contributed by atoms with Crippen molar-refractivity contribution in [2.24, 2.45) is 0 Å². The van der Waals surface area contributed by atoms with E-state index in [1.54, 1.807) is 19.5 Å². The largest absolute Gasteiger partial charge is 0.480 e. The minimum absolute atomic E-state index is 0.0857. The van der Waals surface area contributed by atoms with E-state index >= 15 is 0 Å². The fourth-order valence-corrected chi connectivity index (χ4v) is 3.22. The highest BCUT2D eigenvalue weighted by atomic mass is 79.9. The molecule has 6 heteroatoms. The lowest BCUT2D eigenvalue weighted by atomic mass is 10.0. The Morgan fingerprint density at radius 1 is 1.11 bits per heavy atom. The van der Waals surface area contributed by atoms with E-state index in [4.69, 9.17) is 4.74 Å². The zero-order chi connectivity index (χ0) is 13.8. The molecule has 1 unspecified atom stereocenters. The first kappa shape index (κ1) is 14.4. The molecule has 1 aromatic carbocycles. The van der Waals surface area contributed by atoms with E-state index < -0.39 is 0 Å². The summed E-state index contributed by atoms with van der Waals surface area (Å²) < 4.78 is 7.27. The molecule has 0 aliphatic rings. The first-order chi connectivity index (χ1) is 9.15. The van der Waals surface area contributed by atoms with E-state index in [0.29, 0.717) is 5.88 Å². The van der Waals surface area contributed by atoms with Crippen molar-refractivity contribution in [2.45, 2.75) is 6.04 Å². The zero-order valence-electron chi connectivity index (χ0n) is 10.5.